The largest absolute Gasteiger partial charge is 0.573 e. The van der Waals surface area contributed by atoms with Crippen LogP contribution in [0.2, 0.25) is 0 Å². The molecule has 22 heavy (non-hydrogen) atoms. The molecule has 112 valence electrons. The smallest absolute Gasteiger partial charge is 0.406 e. The number of benzene rings is 2. The van der Waals surface area contributed by atoms with Crippen molar-refractivity contribution < 1.29 is 17.9 Å². The van der Waals surface area contributed by atoms with Crippen molar-refractivity contribution in [3.05, 3.63) is 64.8 Å². The summed E-state index contributed by atoms with van der Waals surface area (Å²) in [5.74, 6) is -0.334. The number of hydrogen-bond donors (Lipinski definition) is 1. The van der Waals surface area contributed by atoms with Gasteiger partial charge < -0.3 is 9.72 Å². The molecular formula is C16H10F3NO2. The first-order valence-corrected chi connectivity index (χ1v) is 6.41. The van der Waals surface area contributed by atoms with Crippen molar-refractivity contribution >= 4 is 10.9 Å². The van der Waals surface area contributed by atoms with Crippen LogP contribution in [0.1, 0.15) is 0 Å². The summed E-state index contributed by atoms with van der Waals surface area (Å²) in [6.07, 6.45) is -4.75. The van der Waals surface area contributed by atoms with Gasteiger partial charge in [-0.25, -0.2) is 0 Å². The molecule has 3 rings (SSSR count). The standard InChI is InChI=1S/C16H10F3NO2/c17-16(18,19)22-11-5-3-4-10(8-11)14-9-15(21)12-6-1-2-7-13(12)20-14/h1-9H,(H,20,21). The number of pyridine rings is 1. The molecule has 0 aliphatic carbocycles. The second-order valence-electron chi connectivity index (χ2n) is 4.67. The molecule has 0 radical (unpaired) electrons. The number of ether oxygens (including phenoxy) is 1. The van der Waals surface area contributed by atoms with Crippen molar-refractivity contribution in [3.63, 3.8) is 0 Å². The summed E-state index contributed by atoms with van der Waals surface area (Å²) in [5.41, 5.74) is 1.28. The van der Waals surface area contributed by atoms with Gasteiger partial charge in [-0.3, -0.25) is 4.79 Å². The molecule has 0 saturated carbocycles. The lowest BCUT2D eigenvalue weighted by Gasteiger charge is -2.10. The molecule has 0 aliphatic rings. The highest BCUT2D eigenvalue weighted by Crippen LogP contribution is 2.27. The molecule has 1 aromatic heterocycles. The minimum Gasteiger partial charge on any atom is -0.406 e. The predicted molar refractivity (Wildman–Crippen MR) is 76.7 cm³/mol. The van der Waals surface area contributed by atoms with Crippen LogP contribution in [0.4, 0.5) is 13.2 Å². The maximum Gasteiger partial charge on any atom is 0.573 e. The third-order valence-electron chi connectivity index (χ3n) is 3.12. The van der Waals surface area contributed by atoms with Gasteiger partial charge in [-0.1, -0.05) is 24.3 Å². The summed E-state index contributed by atoms with van der Waals surface area (Å²) < 4.78 is 40.7. The molecule has 0 amide bonds. The number of fused-ring (bicyclic) bond motifs is 1. The SMILES string of the molecule is O=c1cc(-c2cccc(OC(F)(F)F)c2)[nH]c2ccccc12. The summed E-state index contributed by atoms with van der Waals surface area (Å²) in [7, 11) is 0. The van der Waals surface area contributed by atoms with E-state index in [0.29, 0.717) is 22.2 Å². The van der Waals surface area contributed by atoms with Gasteiger partial charge in [-0.2, -0.15) is 0 Å². The first-order valence-electron chi connectivity index (χ1n) is 6.41. The van der Waals surface area contributed by atoms with Gasteiger partial charge >= 0.3 is 6.36 Å². The summed E-state index contributed by atoms with van der Waals surface area (Å²) in [6.45, 7) is 0. The number of H-pyrrole nitrogens is 1. The van der Waals surface area contributed by atoms with Crippen molar-refractivity contribution in [1.29, 1.82) is 0 Å². The lowest BCUT2D eigenvalue weighted by atomic mass is 10.1. The fourth-order valence-electron chi connectivity index (χ4n) is 2.21. The maximum absolute atomic E-state index is 12.3. The average Bonchev–Trinajstić information content (AvgIpc) is 2.46. The van der Waals surface area contributed by atoms with Crippen molar-refractivity contribution in [2.24, 2.45) is 0 Å². The molecular weight excluding hydrogens is 295 g/mol. The lowest BCUT2D eigenvalue weighted by Crippen LogP contribution is -2.17. The van der Waals surface area contributed by atoms with Crippen LogP contribution < -0.4 is 10.2 Å². The van der Waals surface area contributed by atoms with Crippen molar-refractivity contribution in [2.75, 3.05) is 0 Å². The van der Waals surface area contributed by atoms with Crippen LogP contribution in [0, 0.1) is 0 Å². The molecule has 1 N–H and O–H groups in total. The quantitative estimate of drug-likeness (QED) is 0.774. The maximum atomic E-state index is 12.3. The van der Waals surface area contributed by atoms with Crippen molar-refractivity contribution in [2.45, 2.75) is 6.36 Å². The number of para-hydroxylation sites is 1. The zero-order chi connectivity index (χ0) is 15.7. The Morgan fingerprint density at radius 2 is 1.73 bits per heavy atom. The number of aromatic nitrogens is 1. The zero-order valence-electron chi connectivity index (χ0n) is 11.1. The second kappa shape index (κ2) is 5.22. The van der Waals surface area contributed by atoms with E-state index in [1.165, 1.54) is 24.3 Å². The van der Waals surface area contributed by atoms with E-state index in [1.54, 1.807) is 30.3 Å². The van der Waals surface area contributed by atoms with Crippen LogP contribution >= 0.6 is 0 Å². The fourth-order valence-corrected chi connectivity index (χ4v) is 2.21. The third kappa shape index (κ3) is 2.95. The topological polar surface area (TPSA) is 42.1 Å². The van der Waals surface area contributed by atoms with Gasteiger partial charge in [0.15, 0.2) is 5.43 Å². The Bertz CT molecular complexity index is 884. The molecule has 0 bridgehead atoms. The van der Waals surface area contributed by atoms with Crippen molar-refractivity contribution in [3.8, 4) is 17.0 Å². The van der Waals surface area contributed by atoms with Gasteiger partial charge in [0.1, 0.15) is 5.75 Å². The summed E-state index contributed by atoms with van der Waals surface area (Å²) >= 11 is 0. The highest BCUT2D eigenvalue weighted by molar-refractivity contribution is 5.81. The van der Waals surface area contributed by atoms with E-state index in [2.05, 4.69) is 9.72 Å². The van der Waals surface area contributed by atoms with Crippen LogP contribution in [0.3, 0.4) is 0 Å². The van der Waals surface area contributed by atoms with Gasteiger partial charge in [0, 0.05) is 28.2 Å². The number of alkyl halides is 3. The van der Waals surface area contributed by atoms with E-state index in [-0.39, 0.29) is 11.2 Å². The lowest BCUT2D eigenvalue weighted by molar-refractivity contribution is -0.274. The van der Waals surface area contributed by atoms with Crippen LogP contribution in [0.15, 0.2) is 59.4 Å². The Labute approximate surface area is 123 Å². The first-order chi connectivity index (χ1) is 10.4. The Morgan fingerprint density at radius 3 is 2.50 bits per heavy atom. The molecule has 0 atom stereocenters. The summed E-state index contributed by atoms with van der Waals surface area (Å²) in [4.78, 5) is 15.1. The van der Waals surface area contributed by atoms with Crippen LogP contribution in [-0.2, 0) is 0 Å². The molecule has 0 aliphatic heterocycles. The Morgan fingerprint density at radius 1 is 0.955 bits per heavy atom. The molecule has 3 aromatic rings. The molecule has 3 nitrogen and oxygen atoms in total. The Balaban J connectivity index is 2.08. The Kier molecular flexibility index (Phi) is 3.36. The predicted octanol–water partition coefficient (Wildman–Crippen LogP) is 4.09. The Hall–Kier alpha value is -2.76. The minimum absolute atomic E-state index is 0.202. The van der Waals surface area contributed by atoms with E-state index in [4.69, 9.17) is 0 Å². The van der Waals surface area contributed by atoms with Crippen LogP contribution in [0.25, 0.3) is 22.2 Å². The number of rotatable bonds is 2. The highest BCUT2D eigenvalue weighted by Gasteiger charge is 2.31. The monoisotopic (exact) mass is 305 g/mol. The highest BCUT2D eigenvalue weighted by atomic mass is 19.4. The number of halogens is 3. The van der Waals surface area contributed by atoms with E-state index in [1.807, 2.05) is 0 Å². The fraction of sp³-hybridized carbons (Fsp3) is 0.0625. The molecule has 1 heterocycles. The van der Waals surface area contributed by atoms with E-state index in [0.717, 1.165) is 0 Å². The van der Waals surface area contributed by atoms with Crippen LogP contribution in [-0.4, -0.2) is 11.3 Å². The van der Waals surface area contributed by atoms with Gasteiger partial charge in [0.25, 0.3) is 0 Å². The van der Waals surface area contributed by atoms with E-state index >= 15 is 0 Å². The molecule has 2 aromatic carbocycles. The molecule has 0 unspecified atom stereocenters. The molecule has 0 spiro atoms. The van der Waals surface area contributed by atoms with Gasteiger partial charge in [0.05, 0.1) is 0 Å². The minimum atomic E-state index is -4.75. The number of hydrogen-bond acceptors (Lipinski definition) is 2. The number of aromatic amines is 1. The molecule has 0 fully saturated rings. The first kappa shape index (κ1) is 14.2. The zero-order valence-corrected chi connectivity index (χ0v) is 11.1. The van der Waals surface area contributed by atoms with Crippen molar-refractivity contribution in [1.82, 2.24) is 4.98 Å². The second-order valence-corrected chi connectivity index (χ2v) is 4.67. The number of nitrogens with one attached hydrogen (secondary N) is 1. The third-order valence-corrected chi connectivity index (χ3v) is 3.12. The molecule has 0 saturated heterocycles. The van der Waals surface area contributed by atoms with Crippen LogP contribution in [0.5, 0.6) is 5.75 Å². The van der Waals surface area contributed by atoms with Gasteiger partial charge in [0.2, 0.25) is 0 Å². The van der Waals surface area contributed by atoms with E-state index in [9.17, 15) is 18.0 Å². The average molecular weight is 305 g/mol. The normalized spacial score (nSPS) is 11.6. The van der Waals surface area contributed by atoms with E-state index < -0.39 is 6.36 Å². The summed E-state index contributed by atoms with van der Waals surface area (Å²) in [5, 5.41) is 0.522. The molecule has 6 heteroatoms. The summed E-state index contributed by atoms with van der Waals surface area (Å²) in [6, 6.07) is 13.8. The van der Waals surface area contributed by atoms with Gasteiger partial charge in [-0.15, -0.1) is 13.2 Å². The van der Waals surface area contributed by atoms with Gasteiger partial charge in [-0.05, 0) is 24.3 Å².